The largest absolute Gasteiger partial charge is 0.489 e. The molecule has 2 aliphatic heterocycles. The van der Waals surface area contributed by atoms with Crippen molar-refractivity contribution in [3.63, 3.8) is 0 Å². The van der Waals surface area contributed by atoms with Gasteiger partial charge in [0.1, 0.15) is 11.9 Å². The maximum absolute atomic E-state index is 12.9. The fraction of sp³-hybridized carbons (Fsp3) is 0.409. The molecule has 1 fully saturated rings. The molecule has 2 aromatic rings. The van der Waals surface area contributed by atoms with Gasteiger partial charge in [0.25, 0.3) is 5.91 Å². The number of sulfonamides is 1. The highest BCUT2D eigenvalue weighted by molar-refractivity contribution is 7.89. The lowest BCUT2D eigenvalue weighted by Gasteiger charge is -2.26. The number of nitrogens with zero attached hydrogens (tertiary/aromatic N) is 1. The number of benzene rings is 2. The molecule has 2 aliphatic rings. The Balaban J connectivity index is 1.57. The second-order valence-electron chi connectivity index (χ2n) is 7.78. The Hall–Kier alpha value is -2.38. The summed E-state index contributed by atoms with van der Waals surface area (Å²) in [4.78, 5) is 13.1. The van der Waals surface area contributed by atoms with Crippen LogP contribution in [0, 0.1) is 0 Å². The fourth-order valence-corrected chi connectivity index (χ4v) is 5.52. The highest BCUT2D eigenvalue weighted by Crippen LogP contribution is 2.40. The summed E-state index contributed by atoms with van der Waals surface area (Å²) in [6, 6.07) is 12.0. The van der Waals surface area contributed by atoms with Crippen LogP contribution in [0.2, 0.25) is 0 Å². The standard InChI is InChI=1S/C22H26N2O4S/c1-15-16(2)28-21-19(15)10-7-11-20(21)22(25)23-17-8-6-9-18(14-17)29(26,27)24-12-4-3-5-13-24/h6-11,14-16H,3-5,12-13H2,1-2H3,(H,23,25)/t15-,16+/m0/s1. The first kappa shape index (κ1) is 19.9. The summed E-state index contributed by atoms with van der Waals surface area (Å²) in [5, 5.41) is 2.83. The van der Waals surface area contributed by atoms with Crippen molar-refractivity contribution in [2.24, 2.45) is 0 Å². The number of amides is 1. The van der Waals surface area contributed by atoms with Crippen LogP contribution in [-0.4, -0.2) is 37.8 Å². The minimum Gasteiger partial charge on any atom is -0.489 e. The second kappa shape index (κ2) is 7.80. The van der Waals surface area contributed by atoms with Gasteiger partial charge in [0.15, 0.2) is 0 Å². The van der Waals surface area contributed by atoms with Gasteiger partial charge in [-0.25, -0.2) is 8.42 Å². The predicted octanol–water partition coefficient (Wildman–Crippen LogP) is 4.00. The molecule has 29 heavy (non-hydrogen) atoms. The SMILES string of the molecule is C[C@@H]1c2cccc(C(=O)Nc3cccc(S(=O)(=O)N4CCCCC4)c3)c2O[C@@H]1C. The average molecular weight is 415 g/mol. The molecular weight excluding hydrogens is 388 g/mol. The predicted molar refractivity (Wildman–Crippen MR) is 112 cm³/mol. The maximum atomic E-state index is 12.9. The van der Waals surface area contributed by atoms with Crippen molar-refractivity contribution in [2.45, 2.75) is 50.0 Å². The van der Waals surface area contributed by atoms with Crippen molar-refractivity contribution in [3.05, 3.63) is 53.6 Å². The molecule has 1 N–H and O–H groups in total. The Labute approximate surface area is 171 Å². The van der Waals surface area contributed by atoms with Crippen LogP contribution in [0.1, 0.15) is 54.9 Å². The van der Waals surface area contributed by atoms with E-state index in [4.69, 9.17) is 4.74 Å². The van der Waals surface area contributed by atoms with Gasteiger partial charge in [-0.05, 0) is 44.0 Å². The Bertz CT molecular complexity index is 1030. The summed E-state index contributed by atoms with van der Waals surface area (Å²) in [5.74, 6) is 0.522. The van der Waals surface area contributed by atoms with E-state index in [1.165, 1.54) is 10.4 Å². The normalized spacial score (nSPS) is 22.0. The van der Waals surface area contributed by atoms with Crippen molar-refractivity contribution in [2.75, 3.05) is 18.4 Å². The zero-order valence-electron chi connectivity index (χ0n) is 16.7. The lowest BCUT2D eigenvalue weighted by molar-refractivity contribution is 0.102. The molecule has 7 heteroatoms. The van der Waals surface area contributed by atoms with Crippen LogP contribution in [0.5, 0.6) is 5.75 Å². The van der Waals surface area contributed by atoms with Crippen molar-refractivity contribution in [1.82, 2.24) is 4.31 Å². The van der Waals surface area contributed by atoms with E-state index in [9.17, 15) is 13.2 Å². The van der Waals surface area contributed by atoms with Gasteiger partial charge < -0.3 is 10.1 Å². The number of para-hydroxylation sites is 1. The molecule has 0 bridgehead atoms. The van der Waals surface area contributed by atoms with E-state index in [0.717, 1.165) is 24.8 Å². The Morgan fingerprint density at radius 1 is 1.07 bits per heavy atom. The fourth-order valence-electron chi connectivity index (χ4n) is 3.95. The van der Waals surface area contributed by atoms with E-state index in [-0.39, 0.29) is 22.8 Å². The van der Waals surface area contributed by atoms with E-state index in [2.05, 4.69) is 12.2 Å². The molecular formula is C22H26N2O4S. The number of anilines is 1. The monoisotopic (exact) mass is 414 g/mol. The molecule has 4 rings (SSSR count). The molecule has 1 saturated heterocycles. The van der Waals surface area contributed by atoms with E-state index >= 15 is 0 Å². The number of fused-ring (bicyclic) bond motifs is 1. The van der Waals surface area contributed by atoms with Crippen molar-refractivity contribution >= 4 is 21.6 Å². The number of carbonyl (C=O) groups excluding carboxylic acids is 1. The minimum atomic E-state index is -3.55. The smallest absolute Gasteiger partial charge is 0.259 e. The topological polar surface area (TPSA) is 75.7 Å². The summed E-state index contributed by atoms with van der Waals surface area (Å²) in [7, 11) is -3.55. The third kappa shape index (κ3) is 3.76. The van der Waals surface area contributed by atoms with E-state index in [1.807, 2.05) is 19.1 Å². The molecule has 0 radical (unpaired) electrons. The number of ether oxygens (including phenoxy) is 1. The number of nitrogens with one attached hydrogen (secondary N) is 1. The highest BCUT2D eigenvalue weighted by atomic mass is 32.2. The first-order valence-electron chi connectivity index (χ1n) is 10.1. The molecule has 6 nitrogen and oxygen atoms in total. The number of hydrogen-bond acceptors (Lipinski definition) is 4. The van der Waals surface area contributed by atoms with Gasteiger partial charge in [0.05, 0.1) is 10.5 Å². The average Bonchev–Trinajstić information content (AvgIpc) is 3.03. The summed E-state index contributed by atoms with van der Waals surface area (Å²) in [6.45, 7) is 5.15. The van der Waals surface area contributed by atoms with E-state index in [0.29, 0.717) is 30.1 Å². The number of piperidine rings is 1. The van der Waals surface area contributed by atoms with Gasteiger partial charge in [-0.15, -0.1) is 0 Å². The highest BCUT2D eigenvalue weighted by Gasteiger charge is 2.31. The zero-order chi connectivity index (χ0) is 20.6. The molecule has 0 unspecified atom stereocenters. The van der Waals surface area contributed by atoms with Gasteiger partial charge in [-0.2, -0.15) is 4.31 Å². The molecule has 0 aliphatic carbocycles. The zero-order valence-corrected chi connectivity index (χ0v) is 17.5. The summed E-state index contributed by atoms with van der Waals surface area (Å²) < 4.78 is 33.3. The molecule has 0 aromatic heterocycles. The van der Waals surface area contributed by atoms with Gasteiger partial charge in [-0.3, -0.25) is 4.79 Å². The Morgan fingerprint density at radius 2 is 1.79 bits per heavy atom. The van der Waals surface area contributed by atoms with Crippen LogP contribution in [0.4, 0.5) is 5.69 Å². The number of carbonyl (C=O) groups is 1. The molecule has 2 atom stereocenters. The van der Waals surface area contributed by atoms with Crippen LogP contribution in [0.3, 0.4) is 0 Å². The molecule has 2 heterocycles. The first-order valence-corrected chi connectivity index (χ1v) is 11.5. The third-order valence-corrected chi connectivity index (χ3v) is 7.73. The van der Waals surface area contributed by atoms with Gasteiger partial charge in [-0.1, -0.05) is 31.5 Å². The number of rotatable bonds is 4. The van der Waals surface area contributed by atoms with Gasteiger partial charge in [0, 0.05) is 30.3 Å². The van der Waals surface area contributed by atoms with Gasteiger partial charge >= 0.3 is 0 Å². The van der Waals surface area contributed by atoms with Crippen LogP contribution in [0.25, 0.3) is 0 Å². The Kier molecular flexibility index (Phi) is 5.36. The van der Waals surface area contributed by atoms with Gasteiger partial charge in [0.2, 0.25) is 10.0 Å². The van der Waals surface area contributed by atoms with Crippen LogP contribution in [0.15, 0.2) is 47.4 Å². The van der Waals surface area contributed by atoms with Crippen molar-refractivity contribution in [1.29, 1.82) is 0 Å². The van der Waals surface area contributed by atoms with Crippen LogP contribution < -0.4 is 10.1 Å². The quantitative estimate of drug-likeness (QED) is 0.821. The van der Waals surface area contributed by atoms with E-state index in [1.54, 1.807) is 24.3 Å². The number of hydrogen-bond donors (Lipinski definition) is 1. The lowest BCUT2D eigenvalue weighted by atomic mass is 9.97. The van der Waals surface area contributed by atoms with Crippen molar-refractivity contribution in [3.8, 4) is 5.75 Å². The van der Waals surface area contributed by atoms with Crippen LogP contribution >= 0.6 is 0 Å². The van der Waals surface area contributed by atoms with Crippen molar-refractivity contribution < 1.29 is 17.9 Å². The molecule has 1 amide bonds. The van der Waals surface area contributed by atoms with Crippen LogP contribution in [-0.2, 0) is 10.0 Å². The minimum absolute atomic E-state index is 0.0111. The van der Waals surface area contributed by atoms with E-state index < -0.39 is 10.0 Å². The Morgan fingerprint density at radius 3 is 2.55 bits per heavy atom. The third-order valence-electron chi connectivity index (χ3n) is 5.83. The molecule has 0 spiro atoms. The first-order chi connectivity index (χ1) is 13.9. The maximum Gasteiger partial charge on any atom is 0.259 e. The molecule has 2 aromatic carbocycles. The molecule has 154 valence electrons. The lowest BCUT2D eigenvalue weighted by Crippen LogP contribution is -2.35. The summed E-state index contributed by atoms with van der Waals surface area (Å²) >= 11 is 0. The summed E-state index contributed by atoms with van der Waals surface area (Å²) in [6.07, 6.45) is 2.83. The second-order valence-corrected chi connectivity index (χ2v) is 9.72. The summed E-state index contributed by atoms with van der Waals surface area (Å²) in [5.41, 5.74) is 1.93. The molecule has 0 saturated carbocycles.